The number of nitrogens with one attached hydrogen (secondary N) is 1. The van der Waals surface area contributed by atoms with Crippen LogP contribution in [0.1, 0.15) is 12.0 Å². The van der Waals surface area contributed by atoms with E-state index < -0.39 is 5.92 Å². The Bertz CT molecular complexity index is 871. The van der Waals surface area contributed by atoms with Gasteiger partial charge in [-0.25, -0.2) is 4.39 Å². The topological polar surface area (TPSA) is 67.9 Å². The van der Waals surface area contributed by atoms with Crippen molar-refractivity contribution in [3.63, 3.8) is 0 Å². The van der Waals surface area contributed by atoms with Crippen molar-refractivity contribution in [2.75, 3.05) is 32.2 Å². The van der Waals surface area contributed by atoms with Crippen LogP contribution in [0.15, 0.2) is 42.5 Å². The highest BCUT2D eigenvalue weighted by Gasteiger charge is 2.36. The van der Waals surface area contributed by atoms with Crippen molar-refractivity contribution in [2.45, 2.75) is 12.8 Å². The van der Waals surface area contributed by atoms with Crippen molar-refractivity contribution in [3.8, 4) is 11.5 Å². The molecule has 0 radical (unpaired) electrons. The summed E-state index contributed by atoms with van der Waals surface area (Å²) in [6.45, 7) is 0.656. The van der Waals surface area contributed by atoms with E-state index in [1.165, 1.54) is 19.2 Å². The fourth-order valence-corrected chi connectivity index (χ4v) is 3.29. The molecule has 3 rings (SSSR count). The minimum absolute atomic E-state index is 0.131. The number of rotatable bonds is 7. The molecule has 0 aromatic heterocycles. The van der Waals surface area contributed by atoms with E-state index >= 15 is 0 Å². The van der Waals surface area contributed by atoms with Crippen LogP contribution in [-0.4, -0.2) is 39.1 Å². The monoisotopic (exact) mass is 386 g/mol. The molecule has 0 bridgehead atoms. The highest BCUT2D eigenvalue weighted by molar-refractivity contribution is 6.01. The first-order valence-corrected chi connectivity index (χ1v) is 9.06. The number of amides is 2. The maximum Gasteiger partial charge on any atom is 0.227 e. The van der Waals surface area contributed by atoms with E-state index in [1.54, 1.807) is 36.3 Å². The van der Waals surface area contributed by atoms with Gasteiger partial charge in [0, 0.05) is 25.6 Å². The molecular formula is C21H23FN2O4. The molecule has 6 nitrogen and oxygen atoms in total. The number of hydrogen-bond donors (Lipinski definition) is 1. The van der Waals surface area contributed by atoms with Crippen LogP contribution >= 0.6 is 0 Å². The quantitative estimate of drug-likeness (QED) is 0.794. The molecule has 2 aromatic rings. The zero-order valence-corrected chi connectivity index (χ0v) is 15.9. The normalized spacial score (nSPS) is 16.2. The van der Waals surface area contributed by atoms with Gasteiger partial charge in [-0.3, -0.25) is 9.59 Å². The van der Waals surface area contributed by atoms with Crippen LogP contribution in [0.5, 0.6) is 11.5 Å². The van der Waals surface area contributed by atoms with Crippen LogP contribution in [0.2, 0.25) is 0 Å². The molecule has 2 aromatic carbocycles. The standard InChI is InChI=1S/C21H23FN2O4/c1-27-17-6-7-19(28-2)18(12-17)24-13-15(11-20(24)25)21(26)23-9-8-14-4-3-5-16(22)10-14/h3-7,10,12,15H,8-9,11,13H2,1-2H3,(H,23,26). The summed E-state index contributed by atoms with van der Waals surface area (Å²) in [4.78, 5) is 26.5. The van der Waals surface area contributed by atoms with Crippen molar-refractivity contribution in [1.29, 1.82) is 0 Å². The number of carbonyl (C=O) groups excluding carboxylic acids is 2. The van der Waals surface area contributed by atoms with E-state index in [9.17, 15) is 14.0 Å². The van der Waals surface area contributed by atoms with Gasteiger partial charge in [0.1, 0.15) is 17.3 Å². The van der Waals surface area contributed by atoms with E-state index in [2.05, 4.69) is 5.32 Å². The lowest BCUT2D eigenvalue weighted by Gasteiger charge is -2.20. The van der Waals surface area contributed by atoms with E-state index in [0.717, 1.165) is 5.56 Å². The van der Waals surface area contributed by atoms with Crippen LogP contribution in [-0.2, 0) is 16.0 Å². The van der Waals surface area contributed by atoms with Crippen LogP contribution in [0.3, 0.4) is 0 Å². The summed E-state index contributed by atoms with van der Waals surface area (Å²) in [5.41, 5.74) is 1.40. The average molecular weight is 386 g/mol. The minimum Gasteiger partial charge on any atom is -0.497 e. The summed E-state index contributed by atoms with van der Waals surface area (Å²) in [7, 11) is 3.08. The predicted octanol–water partition coefficient (Wildman–Crippen LogP) is 2.55. The Morgan fingerprint density at radius 1 is 1.21 bits per heavy atom. The Labute approximate surface area is 163 Å². The maximum absolute atomic E-state index is 13.2. The summed E-state index contributed by atoms with van der Waals surface area (Å²) in [6.07, 6.45) is 0.656. The maximum atomic E-state index is 13.2. The molecule has 148 valence electrons. The average Bonchev–Trinajstić information content (AvgIpc) is 3.09. The number of benzene rings is 2. The van der Waals surface area contributed by atoms with Gasteiger partial charge < -0.3 is 19.7 Å². The summed E-state index contributed by atoms with van der Waals surface area (Å²) >= 11 is 0. The Balaban J connectivity index is 1.61. The zero-order chi connectivity index (χ0) is 20.1. The van der Waals surface area contributed by atoms with E-state index in [1.807, 2.05) is 6.07 Å². The molecule has 1 heterocycles. The van der Waals surface area contributed by atoms with E-state index in [4.69, 9.17) is 9.47 Å². The van der Waals surface area contributed by atoms with Gasteiger partial charge in [-0.15, -0.1) is 0 Å². The molecule has 1 aliphatic heterocycles. The molecule has 2 amide bonds. The van der Waals surface area contributed by atoms with Gasteiger partial charge in [-0.2, -0.15) is 0 Å². The second kappa shape index (κ2) is 8.73. The highest BCUT2D eigenvalue weighted by atomic mass is 19.1. The first-order chi connectivity index (χ1) is 13.5. The predicted molar refractivity (Wildman–Crippen MR) is 103 cm³/mol. The summed E-state index contributed by atoms with van der Waals surface area (Å²) in [5, 5.41) is 2.84. The van der Waals surface area contributed by atoms with Crippen LogP contribution in [0.4, 0.5) is 10.1 Å². The van der Waals surface area contributed by atoms with Crippen molar-refractivity contribution < 1.29 is 23.5 Å². The van der Waals surface area contributed by atoms with Crippen molar-refractivity contribution in [3.05, 3.63) is 53.8 Å². The number of hydrogen-bond acceptors (Lipinski definition) is 4. The SMILES string of the molecule is COc1ccc(OC)c(N2CC(C(=O)NCCc3cccc(F)c3)CC2=O)c1. The third-order valence-corrected chi connectivity index (χ3v) is 4.77. The largest absolute Gasteiger partial charge is 0.497 e. The minimum atomic E-state index is -0.448. The molecule has 0 saturated carbocycles. The van der Waals surface area contributed by atoms with E-state index in [-0.39, 0.29) is 30.6 Å². The zero-order valence-electron chi connectivity index (χ0n) is 15.9. The Kier molecular flexibility index (Phi) is 6.13. The molecule has 1 N–H and O–H groups in total. The smallest absolute Gasteiger partial charge is 0.227 e. The van der Waals surface area contributed by atoms with Gasteiger partial charge in [0.05, 0.1) is 25.8 Å². The fraction of sp³-hybridized carbons (Fsp3) is 0.333. The number of nitrogens with zero attached hydrogens (tertiary/aromatic N) is 1. The molecule has 7 heteroatoms. The number of carbonyl (C=O) groups is 2. The van der Waals surface area contributed by atoms with Gasteiger partial charge in [-0.1, -0.05) is 12.1 Å². The van der Waals surface area contributed by atoms with Crippen molar-refractivity contribution >= 4 is 17.5 Å². The number of anilines is 1. The molecule has 0 spiro atoms. The van der Waals surface area contributed by atoms with Crippen molar-refractivity contribution in [1.82, 2.24) is 5.32 Å². The number of ether oxygens (including phenoxy) is 2. The lowest BCUT2D eigenvalue weighted by molar-refractivity contribution is -0.126. The molecule has 0 aliphatic carbocycles. The lowest BCUT2D eigenvalue weighted by atomic mass is 10.1. The fourth-order valence-electron chi connectivity index (χ4n) is 3.29. The van der Waals surface area contributed by atoms with Crippen molar-refractivity contribution in [2.24, 2.45) is 5.92 Å². The van der Waals surface area contributed by atoms with Crippen LogP contribution in [0.25, 0.3) is 0 Å². The molecule has 1 saturated heterocycles. The Morgan fingerprint density at radius 3 is 2.75 bits per heavy atom. The lowest BCUT2D eigenvalue weighted by Crippen LogP contribution is -2.34. The summed E-state index contributed by atoms with van der Waals surface area (Å²) < 4.78 is 23.8. The number of halogens is 1. The third kappa shape index (κ3) is 4.42. The van der Waals surface area contributed by atoms with Crippen LogP contribution in [0, 0.1) is 11.7 Å². The summed E-state index contributed by atoms with van der Waals surface area (Å²) in [5.74, 6) is 0.0721. The molecular weight excluding hydrogens is 363 g/mol. The van der Waals surface area contributed by atoms with E-state index in [0.29, 0.717) is 30.2 Å². The van der Waals surface area contributed by atoms with Gasteiger partial charge in [0.15, 0.2) is 0 Å². The Morgan fingerprint density at radius 2 is 2.04 bits per heavy atom. The highest BCUT2D eigenvalue weighted by Crippen LogP contribution is 2.36. The van der Waals surface area contributed by atoms with Gasteiger partial charge in [0.25, 0.3) is 0 Å². The summed E-state index contributed by atoms with van der Waals surface area (Å²) in [6, 6.07) is 11.5. The second-order valence-electron chi connectivity index (χ2n) is 6.61. The molecule has 1 aliphatic rings. The molecule has 1 unspecified atom stereocenters. The third-order valence-electron chi connectivity index (χ3n) is 4.77. The molecule has 1 fully saturated rings. The second-order valence-corrected chi connectivity index (χ2v) is 6.61. The first-order valence-electron chi connectivity index (χ1n) is 9.06. The number of methoxy groups -OCH3 is 2. The molecule has 1 atom stereocenters. The molecule has 28 heavy (non-hydrogen) atoms. The first kappa shape index (κ1) is 19.7. The van der Waals surface area contributed by atoms with Crippen LogP contribution < -0.4 is 19.7 Å². The van der Waals surface area contributed by atoms with Gasteiger partial charge in [0.2, 0.25) is 11.8 Å². The van der Waals surface area contributed by atoms with Gasteiger partial charge >= 0.3 is 0 Å². The van der Waals surface area contributed by atoms with Gasteiger partial charge in [-0.05, 0) is 36.2 Å². The Hall–Kier alpha value is -3.09.